The van der Waals surface area contributed by atoms with Crippen LogP contribution in [0.1, 0.15) is 31.2 Å². The Morgan fingerprint density at radius 3 is 2.20 bits per heavy atom. The van der Waals surface area contributed by atoms with E-state index in [1.165, 1.54) is 6.08 Å². The lowest BCUT2D eigenvalue weighted by Crippen LogP contribution is -2.39. The summed E-state index contributed by atoms with van der Waals surface area (Å²) >= 11 is 0. The molecule has 1 aromatic carbocycles. The second-order valence-electron chi connectivity index (χ2n) is 6.92. The molecule has 8 nitrogen and oxygen atoms in total. The molecule has 1 N–H and O–H groups in total. The van der Waals surface area contributed by atoms with Gasteiger partial charge in [-0.2, -0.15) is 0 Å². The van der Waals surface area contributed by atoms with Gasteiger partial charge in [-0.15, -0.1) is 0 Å². The van der Waals surface area contributed by atoms with Crippen molar-refractivity contribution in [2.45, 2.75) is 37.8 Å². The fraction of sp³-hybridized carbons (Fsp3) is 0.409. The molecule has 0 aliphatic heterocycles. The minimum atomic E-state index is -0.139. The van der Waals surface area contributed by atoms with E-state index < -0.39 is 0 Å². The second-order valence-corrected chi connectivity index (χ2v) is 6.92. The number of hydrogen-bond donors (Lipinski definition) is 1. The summed E-state index contributed by atoms with van der Waals surface area (Å²) in [7, 11) is 4.67. The molecule has 1 fully saturated rings. The maximum Gasteiger partial charge on any atom is 0.316 e. The van der Waals surface area contributed by atoms with Gasteiger partial charge in [0.2, 0.25) is 11.7 Å². The summed E-state index contributed by atoms with van der Waals surface area (Å²) in [6.07, 6.45) is 10.0. The topological polar surface area (TPSA) is 91.8 Å². The standard InChI is InChI=1S/C22H27N3O5/c1-27-18-13-15(14-19(28-2)21(18)29-3)5-10-20(26)25-16-6-8-17(9-7-16)30-22-23-11-4-12-24-22/h4-5,10-14,16-17H,6-9H2,1-3H3,(H,25,26)/b10-5+. The van der Waals surface area contributed by atoms with E-state index >= 15 is 0 Å². The van der Waals surface area contributed by atoms with Crippen LogP contribution in [0.2, 0.25) is 0 Å². The van der Waals surface area contributed by atoms with Gasteiger partial charge in [-0.1, -0.05) is 0 Å². The first kappa shape index (κ1) is 21.4. The molecular formula is C22H27N3O5. The van der Waals surface area contributed by atoms with E-state index in [0.29, 0.717) is 23.3 Å². The van der Waals surface area contributed by atoms with E-state index in [1.807, 2.05) is 0 Å². The largest absolute Gasteiger partial charge is 0.493 e. The molecular weight excluding hydrogens is 386 g/mol. The molecule has 1 saturated carbocycles. The molecule has 30 heavy (non-hydrogen) atoms. The molecule has 1 heterocycles. The van der Waals surface area contributed by atoms with Crippen LogP contribution in [0.25, 0.3) is 6.08 Å². The zero-order chi connectivity index (χ0) is 21.3. The molecule has 0 bridgehead atoms. The van der Waals surface area contributed by atoms with Crippen LogP contribution >= 0.6 is 0 Å². The molecule has 160 valence electrons. The highest BCUT2D eigenvalue weighted by atomic mass is 16.5. The van der Waals surface area contributed by atoms with Gasteiger partial charge in [0.25, 0.3) is 0 Å². The van der Waals surface area contributed by atoms with Crippen molar-refractivity contribution in [3.63, 3.8) is 0 Å². The quantitative estimate of drug-likeness (QED) is 0.665. The molecule has 8 heteroatoms. The number of benzene rings is 1. The van der Waals surface area contributed by atoms with Crippen LogP contribution in [0.5, 0.6) is 23.3 Å². The molecule has 3 rings (SSSR count). The molecule has 1 amide bonds. The predicted octanol–water partition coefficient (Wildman–Crippen LogP) is 3.02. The van der Waals surface area contributed by atoms with Gasteiger partial charge < -0.3 is 24.3 Å². The lowest BCUT2D eigenvalue weighted by molar-refractivity contribution is -0.117. The van der Waals surface area contributed by atoms with Gasteiger partial charge >= 0.3 is 6.01 Å². The molecule has 2 aromatic rings. The third kappa shape index (κ3) is 5.62. The van der Waals surface area contributed by atoms with Crippen LogP contribution in [-0.2, 0) is 4.79 Å². The average Bonchev–Trinajstić information content (AvgIpc) is 2.78. The third-order valence-corrected chi connectivity index (χ3v) is 4.95. The van der Waals surface area contributed by atoms with E-state index in [1.54, 1.807) is 58.0 Å². The number of carbonyl (C=O) groups excluding carboxylic acids is 1. The summed E-state index contributed by atoms with van der Waals surface area (Å²) < 4.78 is 21.8. The smallest absolute Gasteiger partial charge is 0.316 e. The number of aromatic nitrogens is 2. The fourth-order valence-corrected chi connectivity index (χ4v) is 3.44. The van der Waals surface area contributed by atoms with Gasteiger partial charge in [0.1, 0.15) is 6.10 Å². The predicted molar refractivity (Wildman–Crippen MR) is 112 cm³/mol. The lowest BCUT2D eigenvalue weighted by atomic mass is 9.93. The van der Waals surface area contributed by atoms with Crippen molar-refractivity contribution in [2.75, 3.05) is 21.3 Å². The number of hydrogen-bond acceptors (Lipinski definition) is 7. The Morgan fingerprint density at radius 2 is 1.63 bits per heavy atom. The van der Waals surface area contributed by atoms with E-state index in [2.05, 4.69) is 15.3 Å². The third-order valence-electron chi connectivity index (χ3n) is 4.95. The number of methoxy groups -OCH3 is 3. The Balaban J connectivity index is 1.52. The van der Waals surface area contributed by atoms with Gasteiger partial charge in [0.15, 0.2) is 11.5 Å². The molecule has 0 spiro atoms. The Labute approximate surface area is 176 Å². The molecule has 1 aliphatic carbocycles. The number of nitrogens with one attached hydrogen (secondary N) is 1. The SMILES string of the molecule is COc1cc(/C=C/C(=O)NC2CCC(Oc3ncccn3)CC2)cc(OC)c1OC. The van der Waals surface area contributed by atoms with Crippen LogP contribution in [0, 0.1) is 0 Å². The Hall–Kier alpha value is -3.29. The first-order valence-electron chi connectivity index (χ1n) is 9.85. The van der Waals surface area contributed by atoms with Crippen molar-refractivity contribution in [1.29, 1.82) is 0 Å². The van der Waals surface area contributed by atoms with Crippen molar-refractivity contribution >= 4 is 12.0 Å². The first-order valence-corrected chi connectivity index (χ1v) is 9.85. The van der Waals surface area contributed by atoms with Gasteiger partial charge in [-0.05, 0) is 55.5 Å². The minimum absolute atomic E-state index is 0.0790. The lowest BCUT2D eigenvalue weighted by Gasteiger charge is -2.28. The monoisotopic (exact) mass is 413 g/mol. The molecule has 0 saturated heterocycles. The highest BCUT2D eigenvalue weighted by molar-refractivity contribution is 5.92. The zero-order valence-corrected chi connectivity index (χ0v) is 17.5. The van der Waals surface area contributed by atoms with Crippen LogP contribution in [0.15, 0.2) is 36.7 Å². The maximum atomic E-state index is 12.4. The number of nitrogens with zero attached hydrogens (tertiary/aromatic N) is 2. The van der Waals surface area contributed by atoms with Crippen molar-refractivity contribution in [3.05, 3.63) is 42.2 Å². The number of ether oxygens (including phenoxy) is 4. The van der Waals surface area contributed by atoms with Crippen LogP contribution in [-0.4, -0.2) is 49.4 Å². The van der Waals surface area contributed by atoms with Gasteiger partial charge in [0.05, 0.1) is 21.3 Å². The molecule has 0 atom stereocenters. The number of rotatable bonds is 8. The van der Waals surface area contributed by atoms with E-state index in [9.17, 15) is 4.79 Å². The molecule has 0 radical (unpaired) electrons. The summed E-state index contributed by atoms with van der Waals surface area (Å²) in [5.74, 6) is 1.45. The van der Waals surface area contributed by atoms with E-state index in [-0.39, 0.29) is 18.1 Å². The molecule has 0 unspecified atom stereocenters. The van der Waals surface area contributed by atoms with Crippen LogP contribution in [0.3, 0.4) is 0 Å². The molecule has 1 aromatic heterocycles. The summed E-state index contributed by atoms with van der Waals surface area (Å²) in [6, 6.07) is 5.86. The Kier molecular flexibility index (Phi) is 7.48. The van der Waals surface area contributed by atoms with E-state index in [4.69, 9.17) is 18.9 Å². The van der Waals surface area contributed by atoms with Gasteiger partial charge in [0, 0.05) is 24.5 Å². The zero-order valence-electron chi connectivity index (χ0n) is 17.5. The highest BCUT2D eigenvalue weighted by Gasteiger charge is 2.23. The number of carbonyl (C=O) groups is 1. The van der Waals surface area contributed by atoms with Crippen molar-refractivity contribution < 1.29 is 23.7 Å². The summed E-state index contributed by atoms with van der Waals surface area (Å²) in [6.45, 7) is 0. The summed E-state index contributed by atoms with van der Waals surface area (Å²) in [5.41, 5.74) is 0.777. The minimum Gasteiger partial charge on any atom is -0.493 e. The second kappa shape index (κ2) is 10.5. The van der Waals surface area contributed by atoms with Crippen molar-refractivity contribution in [3.8, 4) is 23.3 Å². The van der Waals surface area contributed by atoms with Crippen molar-refractivity contribution in [1.82, 2.24) is 15.3 Å². The fourth-order valence-electron chi connectivity index (χ4n) is 3.44. The van der Waals surface area contributed by atoms with Crippen LogP contribution < -0.4 is 24.3 Å². The summed E-state index contributed by atoms with van der Waals surface area (Å²) in [4.78, 5) is 20.5. The average molecular weight is 413 g/mol. The van der Waals surface area contributed by atoms with Gasteiger partial charge in [-0.3, -0.25) is 4.79 Å². The number of amides is 1. The normalized spacial score (nSPS) is 18.6. The molecule has 1 aliphatic rings. The maximum absolute atomic E-state index is 12.4. The summed E-state index contributed by atoms with van der Waals surface area (Å²) in [5, 5.41) is 3.05. The van der Waals surface area contributed by atoms with Crippen molar-refractivity contribution in [2.24, 2.45) is 0 Å². The Bertz CT molecular complexity index is 839. The van der Waals surface area contributed by atoms with E-state index in [0.717, 1.165) is 31.2 Å². The highest BCUT2D eigenvalue weighted by Crippen LogP contribution is 2.38. The van der Waals surface area contributed by atoms with Crippen LogP contribution in [0.4, 0.5) is 0 Å². The Morgan fingerprint density at radius 1 is 1.00 bits per heavy atom. The first-order chi connectivity index (χ1) is 14.6. The van der Waals surface area contributed by atoms with Gasteiger partial charge in [-0.25, -0.2) is 9.97 Å².